The Hall–Kier alpha value is -4.18. The zero-order valence-electron chi connectivity index (χ0n) is 21.4. The van der Waals surface area contributed by atoms with Crippen LogP contribution in [0.15, 0.2) is 48.5 Å². The van der Waals surface area contributed by atoms with Gasteiger partial charge in [0.05, 0.1) is 22.8 Å². The van der Waals surface area contributed by atoms with Crippen LogP contribution < -0.4 is 0 Å². The maximum atomic E-state index is 5.11. The van der Waals surface area contributed by atoms with Crippen molar-refractivity contribution >= 4 is 46.4 Å². The van der Waals surface area contributed by atoms with Gasteiger partial charge < -0.3 is 9.97 Å². The molecule has 1 aromatic carbocycles. The highest BCUT2D eigenvalue weighted by atomic mass is 14.8. The summed E-state index contributed by atoms with van der Waals surface area (Å²) < 4.78 is 0. The molecule has 0 amide bonds. The second-order valence-corrected chi connectivity index (χ2v) is 10.0. The van der Waals surface area contributed by atoms with E-state index in [0.717, 1.165) is 72.7 Å². The molecule has 0 spiro atoms. The number of aromatic amines is 2. The monoisotopic (exact) mass is 470 g/mol. The normalized spacial score (nSPS) is 12.6. The molecule has 178 valence electrons. The van der Waals surface area contributed by atoms with Gasteiger partial charge in [-0.15, -0.1) is 0 Å². The van der Waals surface area contributed by atoms with Crippen molar-refractivity contribution in [1.82, 2.24) is 19.9 Å². The van der Waals surface area contributed by atoms with E-state index in [1.165, 1.54) is 5.56 Å². The number of fused-ring (bicyclic) bond motifs is 8. The third-order valence-electron chi connectivity index (χ3n) is 7.41. The summed E-state index contributed by atoms with van der Waals surface area (Å²) in [6, 6.07) is 17.4. The summed E-state index contributed by atoms with van der Waals surface area (Å²) in [6.07, 6.45) is 8.46. The molecule has 0 unspecified atom stereocenters. The van der Waals surface area contributed by atoms with Gasteiger partial charge in [0, 0.05) is 27.6 Å². The molecule has 0 atom stereocenters. The number of nitrogens with one attached hydrogen (secondary N) is 2. The van der Waals surface area contributed by atoms with E-state index in [1.54, 1.807) is 0 Å². The standard InChI is InChI=1S/C32H30N4/c1-18(2)22-6-8-23(9-7-22)32-30-16-14-28(35-30)20(4)26-12-10-24(33-26)19(3)25-11-13-27(34-25)21(5)29-15-17-31(32)36-29/h6-18,33,36H,1-5H3. The zero-order chi connectivity index (χ0) is 25.0. The molecule has 8 bridgehead atoms. The molecule has 4 aromatic rings. The van der Waals surface area contributed by atoms with Gasteiger partial charge in [0.2, 0.25) is 0 Å². The van der Waals surface area contributed by atoms with Crippen molar-refractivity contribution in [3.63, 3.8) is 0 Å². The fourth-order valence-electron chi connectivity index (χ4n) is 4.97. The summed E-state index contributed by atoms with van der Waals surface area (Å²) in [5.74, 6) is 0.491. The van der Waals surface area contributed by atoms with Gasteiger partial charge in [0.25, 0.3) is 0 Å². The summed E-state index contributed by atoms with van der Waals surface area (Å²) in [5, 5.41) is 0. The van der Waals surface area contributed by atoms with Crippen LogP contribution in [0.5, 0.6) is 0 Å². The smallest absolute Gasteiger partial charge is 0.0737 e. The van der Waals surface area contributed by atoms with Gasteiger partial charge in [-0.3, -0.25) is 0 Å². The van der Waals surface area contributed by atoms with Gasteiger partial charge in [-0.2, -0.15) is 0 Å². The summed E-state index contributed by atoms with van der Waals surface area (Å²) in [5.41, 5.74) is 15.1. The molecule has 36 heavy (non-hydrogen) atoms. The maximum absolute atomic E-state index is 5.11. The largest absolute Gasteiger partial charge is 0.355 e. The summed E-state index contributed by atoms with van der Waals surface area (Å²) in [7, 11) is 0. The molecular weight excluding hydrogens is 440 g/mol. The molecule has 4 heteroatoms. The van der Waals surface area contributed by atoms with Crippen LogP contribution in [0.2, 0.25) is 0 Å². The van der Waals surface area contributed by atoms with Crippen molar-refractivity contribution in [3.05, 3.63) is 93.6 Å². The fourth-order valence-corrected chi connectivity index (χ4v) is 4.97. The Balaban J connectivity index is 1.73. The van der Waals surface area contributed by atoms with Gasteiger partial charge >= 0.3 is 0 Å². The van der Waals surface area contributed by atoms with Gasteiger partial charge in [-0.1, -0.05) is 38.1 Å². The molecule has 2 aliphatic rings. The van der Waals surface area contributed by atoms with E-state index in [4.69, 9.17) is 9.97 Å². The topological polar surface area (TPSA) is 57.4 Å². The Morgan fingerprint density at radius 1 is 0.528 bits per heavy atom. The predicted octanol–water partition coefficient (Wildman–Crippen LogP) is 8.37. The second kappa shape index (κ2) is 8.49. The van der Waals surface area contributed by atoms with Gasteiger partial charge in [0.15, 0.2) is 0 Å². The summed E-state index contributed by atoms with van der Waals surface area (Å²) >= 11 is 0. The lowest BCUT2D eigenvalue weighted by Crippen LogP contribution is -1.90. The minimum absolute atomic E-state index is 0.491. The van der Waals surface area contributed by atoms with Gasteiger partial charge in [0.1, 0.15) is 0 Å². The number of aromatic nitrogens is 4. The van der Waals surface area contributed by atoms with Gasteiger partial charge in [-0.05, 0) is 103 Å². The van der Waals surface area contributed by atoms with Crippen LogP contribution in [0.25, 0.3) is 57.5 Å². The van der Waals surface area contributed by atoms with E-state index in [2.05, 4.69) is 117 Å². The lowest BCUT2D eigenvalue weighted by atomic mass is 9.98. The highest BCUT2D eigenvalue weighted by Crippen LogP contribution is 2.32. The highest BCUT2D eigenvalue weighted by Gasteiger charge is 2.14. The maximum Gasteiger partial charge on any atom is 0.0737 e. The van der Waals surface area contributed by atoms with Crippen molar-refractivity contribution in [1.29, 1.82) is 0 Å². The lowest BCUT2D eigenvalue weighted by Gasteiger charge is -2.08. The molecule has 4 nitrogen and oxygen atoms in total. The first-order valence-electron chi connectivity index (χ1n) is 12.6. The second-order valence-electron chi connectivity index (χ2n) is 10.0. The van der Waals surface area contributed by atoms with Crippen molar-refractivity contribution in [2.45, 2.75) is 40.5 Å². The van der Waals surface area contributed by atoms with Crippen LogP contribution in [-0.4, -0.2) is 19.9 Å². The number of hydrogen-bond donors (Lipinski definition) is 2. The number of aryl methyl sites for hydroxylation is 3. The van der Waals surface area contributed by atoms with Gasteiger partial charge in [-0.25, -0.2) is 9.97 Å². The first-order chi connectivity index (χ1) is 17.4. The van der Waals surface area contributed by atoms with Crippen LogP contribution in [-0.2, 0) is 0 Å². The van der Waals surface area contributed by atoms with E-state index in [-0.39, 0.29) is 0 Å². The SMILES string of the molecule is Cc1c2nc(c(C)c3ccc([nH]3)c(-c3ccc(C(C)C)cc3)c3nc(c(C)c4ccc1[nH]4)C=C3)C=C2. The van der Waals surface area contributed by atoms with Crippen molar-refractivity contribution < 1.29 is 0 Å². The Kier molecular flexibility index (Phi) is 5.26. The number of hydrogen-bond acceptors (Lipinski definition) is 2. The first-order valence-corrected chi connectivity index (χ1v) is 12.6. The Bertz CT molecular complexity index is 1720. The Labute approximate surface area is 211 Å². The molecule has 2 aliphatic heterocycles. The minimum atomic E-state index is 0.491. The number of benzene rings is 1. The molecule has 0 fully saturated rings. The van der Waals surface area contributed by atoms with Crippen molar-refractivity contribution in [2.75, 3.05) is 0 Å². The minimum Gasteiger partial charge on any atom is -0.355 e. The van der Waals surface area contributed by atoms with Crippen LogP contribution in [0.4, 0.5) is 0 Å². The first kappa shape index (κ1) is 22.3. The molecule has 0 radical (unpaired) electrons. The molecule has 6 rings (SSSR count). The molecular formula is C32H30N4. The molecule has 3 aromatic heterocycles. The summed E-state index contributed by atoms with van der Waals surface area (Å²) in [4.78, 5) is 17.3. The third-order valence-corrected chi connectivity index (χ3v) is 7.41. The average Bonchev–Trinajstić information content (AvgIpc) is 3.69. The number of rotatable bonds is 2. The molecule has 0 saturated carbocycles. The Morgan fingerprint density at radius 2 is 0.944 bits per heavy atom. The highest BCUT2D eigenvalue weighted by molar-refractivity contribution is 5.92. The summed E-state index contributed by atoms with van der Waals surface area (Å²) in [6.45, 7) is 10.8. The van der Waals surface area contributed by atoms with E-state index in [0.29, 0.717) is 5.92 Å². The van der Waals surface area contributed by atoms with E-state index in [9.17, 15) is 0 Å². The molecule has 2 N–H and O–H groups in total. The quantitative estimate of drug-likeness (QED) is 0.267. The van der Waals surface area contributed by atoms with Crippen molar-refractivity contribution in [2.24, 2.45) is 0 Å². The third kappa shape index (κ3) is 3.70. The predicted molar refractivity (Wildman–Crippen MR) is 153 cm³/mol. The van der Waals surface area contributed by atoms with Crippen LogP contribution in [0.1, 0.15) is 64.8 Å². The van der Waals surface area contributed by atoms with Crippen LogP contribution >= 0.6 is 0 Å². The Morgan fingerprint density at radius 3 is 1.44 bits per heavy atom. The zero-order valence-corrected chi connectivity index (χ0v) is 21.4. The van der Waals surface area contributed by atoms with E-state index >= 15 is 0 Å². The molecule has 0 aliphatic carbocycles. The lowest BCUT2D eigenvalue weighted by molar-refractivity contribution is 0.867. The average molecular weight is 471 g/mol. The van der Waals surface area contributed by atoms with Crippen LogP contribution in [0, 0.1) is 20.8 Å². The van der Waals surface area contributed by atoms with E-state index < -0.39 is 0 Å². The fraction of sp³-hybridized carbons (Fsp3) is 0.188. The van der Waals surface area contributed by atoms with E-state index in [1.807, 2.05) is 0 Å². The van der Waals surface area contributed by atoms with Crippen LogP contribution in [0.3, 0.4) is 0 Å². The number of nitrogens with zero attached hydrogens (tertiary/aromatic N) is 2. The van der Waals surface area contributed by atoms with Crippen molar-refractivity contribution in [3.8, 4) is 11.1 Å². The molecule has 0 saturated heterocycles. The number of H-pyrrole nitrogens is 2. The molecule has 5 heterocycles.